The van der Waals surface area contributed by atoms with Gasteiger partial charge in [-0.2, -0.15) is 4.57 Å². The van der Waals surface area contributed by atoms with E-state index in [-0.39, 0.29) is 10.8 Å². The van der Waals surface area contributed by atoms with E-state index in [2.05, 4.69) is 121 Å². The number of aryl methyl sites for hydroxylation is 2. The summed E-state index contributed by atoms with van der Waals surface area (Å²) in [4.78, 5) is 0. The Morgan fingerprint density at radius 2 is 1.43 bits per heavy atom. The van der Waals surface area contributed by atoms with Crippen molar-refractivity contribution in [2.45, 2.75) is 61.3 Å². The van der Waals surface area contributed by atoms with Crippen LogP contribution in [0, 0.1) is 17.8 Å². The third kappa shape index (κ3) is 3.82. The summed E-state index contributed by atoms with van der Waals surface area (Å²) >= 11 is 0. The third-order valence-corrected chi connectivity index (χ3v) is 8.30. The summed E-state index contributed by atoms with van der Waals surface area (Å²) in [6, 6.07) is 20.1. The van der Waals surface area contributed by atoms with E-state index in [1.165, 1.54) is 54.7 Å². The van der Waals surface area contributed by atoms with Gasteiger partial charge >= 0.3 is 0 Å². The molecule has 0 unspecified atom stereocenters. The number of nitrogens with zero attached hydrogens (tertiary/aromatic N) is 1. The largest absolute Gasteiger partial charge is 0.456 e. The van der Waals surface area contributed by atoms with Crippen molar-refractivity contribution in [1.29, 1.82) is 0 Å². The van der Waals surface area contributed by atoms with Crippen LogP contribution >= 0.6 is 0 Å². The second-order valence-corrected chi connectivity index (χ2v) is 14.2. The maximum atomic E-state index is 7.06. The molecular formula is C37H38NO2+. The van der Waals surface area contributed by atoms with Crippen molar-refractivity contribution >= 4 is 43.3 Å². The van der Waals surface area contributed by atoms with Gasteiger partial charge in [-0.3, -0.25) is 0 Å². The van der Waals surface area contributed by atoms with Gasteiger partial charge < -0.3 is 9.15 Å². The zero-order chi connectivity index (χ0) is 28.1. The molecule has 2 aromatic heterocycles. The predicted molar refractivity (Wildman–Crippen MR) is 166 cm³/mol. The first-order valence-corrected chi connectivity index (χ1v) is 14.4. The summed E-state index contributed by atoms with van der Waals surface area (Å²) in [5, 5.41) is 8.81. The van der Waals surface area contributed by atoms with Gasteiger partial charge in [-0.1, -0.05) is 77.9 Å². The number of pyridine rings is 1. The van der Waals surface area contributed by atoms with Crippen LogP contribution < -0.4 is 9.30 Å². The minimum Gasteiger partial charge on any atom is -0.456 e. The molecule has 0 radical (unpaired) electrons. The molecular weight excluding hydrogens is 490 g/mol. The maximum absolute atomic E-state index is 7.06. The highest BCUT2D eigenvalue weighted by Crippen LogP contribution is 2.54. The lowest BCUT2D eigenvalue weighted by atomic mass is 9.80. The van der Waals surface area contributed by atoms with Crippen LogP contribution in [0.3, 0.4) is 0 Å². The van der Waals surface area contributed by atoms with Crippen LogP contribution in [0.4, 0.5) is 0 Å². The van der Waals surface area contributed by atoms with Crippen LogP contribution in [0.15, 0.2) is 65.2 Å². The van der Waals surface area contributed by atoms with Crippen LogP contribution in [0.5, 0.6) is 11.5 Å². The van der Waals surface area contributed by atoms with Gasteiger partial charge in [-0.15, -0.1) is 0 Å². The first kappa shape index (κ1) is 25.1. The number of aromatic nitrogens is 1. The van der Waals surface area contributed by atoms with Gasteiger partial charge in [0, 0.05) is 18.1 Å². The second-order valence-electron chi connectivity index (χ2n) is 14.2. The molecule has 0 saturated carbocycles. The fourth-order valence-corrected chi connectivity index (χ4v) is 6.70. The van der Waals surface area contributed by atoms with Crippen molar-refractivity contribution < 1.29 is 13.7 Å². The van der Waals surface area contributed by atoms with Gasteiger partial charge in [0.25, 0.3) is 0 Å². The molecule has 0 amide bonds. The minimum absolute atomic E-state index is 0.0750. The van der Waals surface area contributed by atoms with Crippen molar-refractivity contribution in [1.82, 2.24) is 0 Å². The number of hydrogen-bond donors (Lipinski definition) is 0. The Morgan fingerprint density at radius 1 is 0.725 bits per heavy atom. The normalized spacial score (nSPS) is 13.4. The molecule has 7 rings (SSSR count). The van der Waals surface area contributed by atoms with E-state index in [9.17, 15) is 0 Å². The number of ether oxygens (including phenoxy) is 1. The topological polar surface area (TPSA) is 26.2 Å². The quantitative estimate of drug-likeness (QED) is 0.127. The highest BCUT2D eigenvalue weighted by molar-refractivity contribution is 6.17. The van der Waals surface area contributed by atoms with Gasteiger partial charge in [0.15, 0.2) is 17.5 Å². The van der Waals surface area contributed by atoms with Crippen molar-refractivity contribution in [3.63, 3.8) is 0 Å². The molecule has 0 aliphatic carbocycles. The van der Waals surface area contributed by atoms with Crippen LogP contribution in [0.25, 0.3) is 54.5 Å². The summed E-state index contributed by atoms with van der Waals surface area (Å²) < 4.78 is 15.8. The molecule has 40 heavy (non-hydrogen) atoms. The summed E-state index contributed by atoms with van der Waals surface area (Å²) in [6.07, 6.45) is 3.85. The monoisotopic (exact) mass is 528 g/mol. The van der Waals surface area contributed by atoms with Gasteiger partial charge in [-0.25, -0.2) is 0 Å². The maximum Gasteiger partial charge on any atom is 0.231 e. The standard InChI is InChI=1S/C37H38NO2/c1-21-30-25(14-13-24-17-22-11-9-10-12-23(22)18-26(24)30)27(19-36(2,3)4)34-31(21)33-32-28(15-16-38(33)8)39-29(35(32)40-34)20-37(5,6)7/h9-18H,19-20H2,1-8H3/q+1. The van der Waals surface area contributed by atoms with E-state index >= 15 is 0 Å². The Kier molecular flexibility index (Phi) is 5.24. The molecule has 3 heteroatoms. The first-order chi connectivity index (χ1) is 18.9. The lowest BCUT2D eigenvalue weighted by molar-refractivity contribution is -0.659. The molecule has 0 bridgehead atoms. The van der Waals surface area contributed by atoms with Crippen molar-refractivity contribution in [3.8, 4) is 22.8 Å². The molecule has 202 valence electrons. The molecule has 0 saturated heterocycles. The minimum atomic E-state index is 0.0750. The smallest absolute Gasteiger partial charge is 0.231 e. The van der Waals surface area contributed by atoms with Gasteiger partial charge in [-0.05, 0) is 74.2 Å². The summed E-state index contributed by atoms with van der Waals surface area (Å²) in [5.74, 6) is 2.82. The number of rotatable bonds is 2. The number of benzene rings is 4. The number of hydrogen-bond acceptors (Lipinski definition) is 2. The molecule has 0 atom stereocenters. The Labute approximate surface area is 236 Å². The van der Waals surface area contributed by atoms with E-state index in [0.29, 0.717) is 0 Å². The molecule has 3 nitrogen and oxygen atoms in total. The molecule has 3 heterocycles. The predicted octanol–water partition coefficient (Wildman–Crippen LogP) is 9.98. The van der Waals surface area contributed by atoms with Crippen LogP contribution in [0.1, 0.15) is 58.4 Å². The summed E-state index contributed by atoms with van der Waals surface area (Å²) in [6.45, 7) is 16.0. The van der Waals surface area contributed by atoms with Gasteiger partial charge in [0.1, 0.15) is 23.9 Å². The first-order valence-electron chi connectivity index (χ1n) is 14.4. The zero-order valence-electron chi connectivity index (χ0n) is 25.0. The SMILES string of the molecule is Cc1c2c(c(CC(C)(C)C)c3ccc4cc5ccccc5cc4c13)Oc1c(CC(C)(C)C)oc3cc[n+](C)c-2c13. The number of furan rings is 1. The Bertz CT molecular complexity index is 2010. The molecule has 0 spiro atoms. The Hall–Kier alpha value is -3.85. The molecule has 1 aliphatic heterocycles. The average molecular weight is 529 g/mol. The summed E-state index contributed by atoms with van der Waals surface area (Å²) in [7, 11) is 2.15. The van der Waals surface area contributed by atoms with E-state index in [1.807, 2.05) is 0 Å². The van der Waals surface area contributed by atoms with Crippen molar-refractivity contribution in [2.24, 2.45) is 17.9 Å². The van der Waals surface area contributed by atoms with Crippen molar-refractivity contribution in [2.75, 3.05) is 0 Å². The van der Waals surface area contributed by atoms with Crippen LogP contribution in [-0.2, 0) is 19.9 Å². The van der Waals surface area contributed by atoms with E-state index in [4.69, 9.17) is 9.15 Å². The van der Waals surface area contributed by atoms with Gasteiger partial charge in [0.2, 0.25) is 5.69 Å². The van der Waals surface area contributed by atoms with Crippen LogP contribution in [-0.4, -0.2) is 0 Å². The third-order valence-electron chi connectivity index (χ3n) is 8.30. The highest BCUT2D eigenvalue weighted by Gasteiger charge is 2.38. The molecule has 0 fully saturated rings. The number of fused-ring (bicyclic) bond motifs is 6. The van der Waals surface area contributed by atoms with E-state index in [1.54, 1.807) is 0 Å². The van der Waals surface area contributed by atoms with Crippen molar-refractivity contribution in [3.05, 3.63) is 77.7 Å². The fourth-order valence-electron chi connectivity index (χ4n) is 6.70. The molecule has 0 N–H and O–H groups in total. The fraction of sp³-hybridized carbons (Fsp3) is 0.324. The molecule has 4 aromatic carbocycles. The Balaban J connectivity index is 1.65. The Morgan fingerprint density at radius 3 is 2.12 bits per heavy atom. The molecule has 1 aliphatic rings. The second kappa shape index (κ2) is 8.33. The lowest BCUT2D eigenvalue weighted by Crippen LogP contribution is -2.31. The lowest BCUT2D eigenvalue weighted by Gasteiger charge is -2.28. The highest BCUT2D eigenvalue weighted by atomic mass is 16.5. The van der Waals surface area contributed by atoms with Gasteiger partial charge in [0.05, 0.1) is 5.56 Å². The summed E-state index contributed by atoms with van der Waals surface area (Å²) in [5.41, 5.74) is 5.97. The van der Waals surface area contributed by atoms with E-state index in [0.717, 1.165) is 41.1 Å². The molecule has 6 aromatic rings. The zero-order valence-corrected chi connectivity index (χ0v) is 25.0. The van der Waals surface area contributed by atoms with E-state index < -0.39 is 0 Å². The van der Waals surface area contributed by atoms with Crippen LogP contribution in [0.2, 0.25) is 0 Å². The average Bonchev–Trinajstić information content (AvgIpc) is 3.21.